The van der Waals surface area contributed by atoms with Gasteiger partial charge in [0.2, 0.25) is 0 Å². The van der Waals surface area contributed by atoms with E-state index < -0.39 is 5.60 Å². The quantitative estimate of drug-likeness (QED) is 0.902. The van der Waals surface area contributed by atoms with Crippen molar-refractivity contribution in [1.82, 2.24) is 0 Å². The van der Waals surface area contributed by atoms with Crippen LogP contribution in [0.15, 0.2) is 54.6 Å². The molecule has 0 unspecified atom stereocenters. The molecule has 98 valence electrons. The zero-order chi connectivity index (χ0) is 13.1. The molecule has 2 aromatic rings. The van der Waals surface area contributed by atoms with Crippen molar-refractivity contribution < 1.29 is 9.84 Å². The SMILES string of the molecule is OC1(COc2ccccc2-c2ccccc2)CCC1. The van der Waals surface area contributed by atoms with Gasteiger partial charge < -0.3 is 9.84 Å². The van der Waals surface area contributed by atoms with E-state index in [1.165, 1.54) is 0 Å². The maximum absolute atomic E-state index is 10.1. The van der Waals surface area contributed by atoms with Crippen LogP contribution < -0.4 is 4.74 Å². The molecule has 0 atom stereocenters. The minimum Gasteiger partial charge on any atom is -0.490 e. The molecule has 0 amide bonds. The first-order valence-electron chi connectivity index (χ1n) is 6.77. The highest BCUT2D eigenvalue weighted by Crippen LogP contribution is 2.34. The Hall–Kier alpha value is -1.80. The summed E-state index contributed by atoms with van der Waals surface area (Å²) in [6, 6.07) is 18.2. The second-order valence-electron chi connectivity index (χ2n) is 5.23. The van der Waals surface area contributed by atoms with E-state index in [9.17, 15) is 5.11 Å². The molecule has 2 aromatic carbocycles. The van der Waals surface area contributed by atoms with Crippen molar-refractivity contribution in [3.05, 3.63) is 54.6 Å². The van der Waals surface area contributed by atoms with Crippen molar-refractivity contribution in [1.29, 1.82) is 0 Å². The van der Waals surface area contributed by atoms with Gasteiger partial charge in [-0.3, -0.25) is 0 Å². The number of aliphatic hydroxyl groups is 1. The molecule has 0 heterocycles. The van der Waals surface area contributed by atoms with Crippen molar-refractivity contribution in [2.24, 2.45) is 0 Å². The van der Waals surface area contributed by atoms with Crippen LogP contribution in [0.3, 0.4) is 0 Å². The molecule has 0 aliphatic heterocycles. The molecule has 19 heavy (non-hydrogen) atoms. The van der Waals surface area contributed by atoms with Crippen LogP contribution in [0, 0.1) is 0 Å². The van der Waals surface area contributed by atoms with Crippen LogP contribution >= 0.6 is 0 Å². The lowest BCUT2D eigenvalue weighted by atomic mass is 9.81. The second-order valence-corrected chi connectivity index (χ2v) is 5.23. The molecule has 3 rings (SSSR count). The second kappa shape index (κ2) is 5.06. The fourth-order valence-corrected chi connectivity index (χ4v) is 2.39. The fourth-order valence-electron chi connectivity index (χ4n) is 2.39. The number of para-hydroxylation sites is 1. The monoisotopic (exact) mass is 254 g/mol. The van der Waals surface area contributed by atoms with Crippen LogP contribution in [0.25, 0.3) is 11.1 Å². The van der Waals surface area contributed by atoms with Crippen LogP contribution in [0.2, 0.25) is 0 Å². The van der Waals surface area contributed by atoms with Crippen LogP contribution in [0.5, 0.6) is 5.75 Å². The van der Waals surface area contributed by atoms with Crippen molar-refractivity contribution in [3.8, 4) is 16.9 Å². The van der Waals surface area contributed by atoms with Gasteiger partial charge in [-0.15, -0.1) is 0 Å². The van der Waals surface area contributed by atoms with Crippen LogP contribution in [-0.2, 0) is 0 Å². The summed E-state index contributed by atoms with van der Waals surface area (Å²) in [7, 11) is 0. The molecule has 1 saturated carbocycles. The van der Waals surface area contributed by atoms with Crippen molar-refractivity contribution in [3.63, 3.8) is 0 Å². The first-order chi connectivity index (χ1) is 9.27. The Morgan fingerprint density at radius 3 is 2.32 bits per heavy atom. The van der Waals surface area contributed by atoms with E-state index in [0.717, 1.165) is 36.1 Å². The first kappa shape index (κ1) is 12.2. The van der Waals surface area contributed by atoms with Crippen LogP contribution in [0.4, 0.5) is 0 Å². The van der Waals surface area contributed by atoms with Crippen molar-refractivity contribution in [2.75, 3.05) is 6.61 Å². The van der Waals surface area contributed by atoms with Gasteiger partial charge in [-0.05, 0) is 30.9 Å². The predicted octanol–water partition coefficient (Wildman–Crippen LogP) is 3.65. The van der Waals surface area contributed by atoms with Gasteiger partial charge in [0.1, 0.15) is 12.4 Å². The van der Waals surface area contributed by atoms with Gasteiger partial charge in [0, 0.05) is 5.56 Å². The maximum atomic E-state index is 10.1. The van der Waals surface area contributed by atoms with Crippen molar-refractivity contribution >= 4 is 0 Å². The van der Waals surface area contributed by atoms with E-state index in [0.29, 0.717) is 6.61 Å². The summed E-state index contributed by atoms with van der Waals surface area (Å²) in [6.07, 6.45) is 2.79. The number of hydrogen-bond acceptors (Lipinski definition) is 2. The first-order valence-corrected chi connectivity index (χ1v) is 6.77. The van der Waals surface area contributed by atoms with E-state index >= 15 is 0 Å². The van der Waals surface area contributed by atoms with E-state index in [2.05, 4.69) is 18.2 Å². The Morgan fingerprint density at radius 1 is 0.947 bits per heavy atom. The Morgan fingerprint density at radius 2 is 1.63 bits per heavy atom. The summed E-state index contributed by atoms with van der Waals surface area (Å²) in [4.78, 5) is 0. The summed E-state index contributed by atoms with van der Waals surface area (Å²) in [5.41, 5.74) is 1.61. The Kier molecular flexibility index (Phi) is 3.26. The molecule has 2 nitrogen and oxygen atoms in total. The van der Waals surface area contributed by atoms with Crippen molar-refractivity contribution in [2.45, 2.75) is 24.9 Å². The molecular formula is C17H18O2. The Balaban J connectivity index is 1.81. The minimum absolute atomic E-state index is 0.386. The molecule has 1 aliphatic rings. The average Bonchev–Trinajstić information content (AvgIpc) is 2.44. The molecule has 0 aromatic heterocycles. The van der Waals surface area contributed by atoms with Gasteiger partial charge in [-0.1, -0.05) is 48.5 Å². The lowest BCUT2D eigenvalue weighted by molar-refractivity contribution is -0.0662. The summed E-state index contributed by atoms with van der Waals surface area (Å²) in [5.74, 6) is 0.842. The zero-order valence-electron chi connectivity index (χ0n) is 10.9. The zero-order valence-corrected chi connectivity index (χ0v) is 10.9. The van der Waals surface area contributed by atoms with Gasteiger partial charge in [0.05, 0.1) is 5.60 Å². The third-order valence-corrected chi connectivity index (χ3v) is 3.75. The molecule has 0 spiro atoms. The molecule has 1 fully saturated rings. The highest BCUT2D eigenvalue weighted by Gasteiger charge is 2.35. The van der Waals surface area contributed by atoms with E-state index in [4.69, 9.17) is 4.74 Å². The summed E-state index contributed by atoms with van der Waals surface area (Å²) < 4.78 is 5.85. The van der Waals surface area contributed by atoms with Gasteiger partial charge >= 0.3 is 0 Å². The number of rotatable bonds is 4. The summed E-state index contributed by atoms with van der Waals surface area (Å²) in [5, 5.41) is 10.1. The lowest BCUT2D eigenvalue weighted by Crippen LogP contribution is -2.42. The third-order valence-electron chi connectivity index (χ3n) is 3.75. The largest absolute Gasteiger partial charge is 0.490 e. The summed E-state index contributed by atoms with van der Waals surface area (Å²) in [6.45, 7) is 0.386. The average molecular weight is 254 g/mol. The molecule has 1 aliphatic carbocycles. The molecule has 0 saturated heterocycles. The van der Waals surface area contributed by atoms with Crippen LogP contribution in [-0.4, -0.2) is 17.3 Å². The van der Waals surface area contributed by atoms with Gasteiger partial charge in [-0.25, -0.2) is 0 Å². The minimum atomic E-state index is -0.607. The normalized spacial score (nSPS) is 16.7. The number of hydrogen-bond donors (Lipinski definition) is 1. The predicted molar refractivity (Wildman–Crippen MR) is 76.2 cm³/mol. The van der Waals surface area contributed by atoms with E-state index in [-0.39, 0.29) is 0 Å². The Labute approximate surface area is 113 Å². The van der Waals surface area contributed by atoms with Gasteiger partial charge in [0.25, 0.3) is 0 Å². The topological polar surface area (TPSA) is 29.5 Å². The molecule has 0 bridgehead atoms. The smallest absolute Gasteiger partial charge is 0.127 e. The van der Waals surface area contributed by atoms with Crippen LogP contribution in [0.1, 0.15) is 19.3 Å². The molecule has 0 radical (unpaired) electrons. The molecular weight excluding hydrogens is 236 g/mol. The number of benzene rings is 2. The highest BCUT2D eigenvalue weighted by atomic mass is 16.5. The van der Waals surface area contributed by atoms with Gasteiger partial charge in [0.15, 0.2) is 0 Å². The molecule has 2 heteroatoms. The molecule has 1 N–H and O–H groups in total. The maximum Gasteiger partial charge on any atom is 0.127 e. The van der Waals surface area contributed by atoms with Gasteiger partial charge in [-0.2, -0.15) is 0 Å². The highest BCUT2D eigenvalue weighted by molar-refractivity contribution is 5.70. The summed E-state index contributed by atoms with van der Waals surface area (Å²) >= 11 is 0. The third kappa shape index (κ3) is 2.64. The fraction of sp³-hybridized carbons (Fsp3) is 0.294. The van der Waals surface area contributed by atoms with E-state index in [1.54, 1.807) is 0 Å². The van der Waals surface area contributed by atoms with E-state index in [1.807, 2.05) is 36.4 Å². The lowest BCUT2D eigenvalue weighted by Gasteiger charge is -2.36. The number of ether oxygens (including phenoxy) is 1. The standard InChI is InChI=1S/C17H18O2/c18-17(11-6-12-17)13-19-16-10-5-4-9-15(16)14-7-2-1-3-8-14/h1-5,7-10,18H,6,11-13H2. The Bertz CT molecular complexity index is 544.